The maximum absolute atomic E-state index is 5.59. The molecule has 0 saturated carbocycles. The van der Waals surface area contributed by atoms with Gasteiger partial charge in [-0.05, 0) is 19.1 Å². The Morgan fingerprint density at radius 3 is 3.13 bits per heavy atom. The van der Waals surface area contributed by atoms with E-state index in [-0.39, 0.29) is 0 Å². The quantitative estimate of drug-likeness (QED) is 0.782. The van der Waals surface area contributed by atoms with Crippen LogP contribution in [0.25, 0.3) is 0 Å². The van der Waals surface area contributed by atoms with Crippen molar-refractivity contribution in [1.29, 1.82) is 0 Å². The van der Waals surface area contributed by atoms with Gasteiger partial charge in [0, 0.05) is 19.1 Å². The molecule has 15 heavy (non-hydrogen) atoms. The van der Waals surface area contributed by atoms with Gasteiger partial charge in [0.15, 0.2) is 0 Å². The molecule has 0 spiro atoms. The maximum atomic E-state index is 5.59. The van der Waals surface area contributed by atoms with Crippen LogP contribution < -0.4 is 5.73 Å². The Kier molecular flexibility index (Phi) is 3.18. The van der Waals surface area contributed by atoms with Gasteiger partial charge in [-0.3, -0.25) is 9.88 Å². The molecule has 2 rings (SSSR count). The Morgan fingerprint density at radius 2 is 2.47 bits per heavy atom. The summed E-state index contributed by atoms with van der Waals surface area (Å²) in [4.78, 5) is 6.68. The molecule has 1 saturated heterocycles. The van der Waals surface area contributed by atoms with Crippen molar-refractivity contribution in [3.8, 4) is 0 Å². The van der Waals surface area contributed by atoms with E-state index in [1.165, 1.54) is 0 Å². The molecule has 1 aliphatic rings. The first-order valence-corrected chi connectivity index (χ1v) is 5.28. The van der Waals surface area contributed by atoms with Crippen molar-refractivity contribution < 1.29 is 4.74 Å². The lowest BCUT2D eigenvalue weighted by atomic mass is 10.2. The van der Waals surface area contributed by atoms with Crippen LogP contribution in [0.3, 0.4) is 0 Å². The molecule has 1 atom stereocenters. The van der Waals surface area contributed by atoms with Crippen molar-refractivity contribution in [2.45, 2.75) is 19.5 Å². The lowest BCUT2D eigenvalue weighted by molar-refractivity contribution is -0.00490. The number of hydrogen-bond donors (Lipinski definition) is 1. The smallest absolute Gasteiger partial charge is 0.0619 e. The zero-order valence-corrected chi connectivity index (χ0v) is 9.02. The summed E-state index contributed by atoms with van der Waals surface area (Å²) in [5.41, 5.74) is 7.38. The number of hydrogen-bond acceptors (Lipinski definition) is 4. The molecule has 4 nitrogen and oxygen atoms in total. The zero-order valence-electron chi connectivity index (χ0n) is 9.02. The summed E-state index contributed by atoms with van der Waals surface area (Å²) in [5, 5.41) is 0. The molecule has 1 aliphatic heterocycles. The highest BCUT2D eigenvalue weighted by atomic mass is 16.5. The van der Waals surface area contributed by atoms with E-state index in [0.717, 1.165) is 32.0 Å². The van der Waals surface area contributed by atoms with Gasteiger partial charge in [-0.1, -0.05) is 0 Å². The fourth-order valence-corrected chi connectivity index (χ4v) is 1.73. The van der Waals surface area contributed by atoms with Gasteiger partial charge in [-0.2, -0.15) is 0 Å². The molecule has 1 fully saturated rings. The topological polar surface area (TPSA) is 51.4 Å². The lowest BCUT2D eigenvalue weighted by Gasteiger charge is -2.32. The third kappa shape index (κ3) is 2.67. The molecule has 0 bridgehead atoms. The van der Waals surface area contributed by atoms with E-state index < -0.39 is 0 Å². The van der Waals surface area contributed by atoms with Crippen LogP contribution in [-0.2, 0) is 11.3 Å². The van der Waals surface area contributed by atoms with Gasteiger partial charge in [0.25, 0.3) is 0 Å². The van der Waals surface area contributed by atoms with Crippen LogP contribution in [0.15, 0.2) is 18.3 Å². The number of pyridine rings is 1. The van der Waals surface area contributed by atoms with Crippen LogP contribution in [-0.4, -0.2) is 35.7 Å². The number of anilines is 1. The van der Waals surface area contributed by atoms with Gasteiger partial charge in [-0.15, -0.1) is 0 Å². The average Bonchev–Trinajstić information content (AvgIpc) is 2.25. The second kappa shape index (κ2) is 4.59. The van der Waals surface area contributed by atoms with Crippen molar-refractivity contribution in [2.75, 3.05) is 25.5 Å². The second-order valence-corrected chi connectivity index (χ2v) is 3.98. The van der Waals surface area contributed by atoms with Gasteiger partial charge in [0.1, 0.15) is 0 Å². The Labute approximate surface area is 90.0 Å². The van der Waals surface area contributed by atoms with E-state index in [4.69, 9.17) is 10.5 Å². The first-order chi connectivity index (χ1) is 7.25. The van der Waals surface area contributed by atoms with Crippen LogP contribution in [0, 0.1) is 0 Å². The third-order valence-electron chi connectivity index (χ3n) is 2.72. The third-order valence-corrected chi connectivity index (χ3v) is 2.72. The van der Waals surface area contributed by atoms with E-state index in [2.05, 4.69) is 16.8 Å². The summed E-state index contributed by atoms with van der Waals surface area (Å²) in [6.45, 7) is 5.67. The summed E-state index contributed by atoms with van der Waals surface area (Å²) >= 11 is 0. The van der Waals surface area contributed by atoms with Gasteiger partial charge < -0.3 is 10.5 Å². The molecule has 0 amide bonds. The van der Waals surface area contributed by atoms with Gasteiger partial charge in [-0.25, -0.2) is 0 Å². The standard InChI is InChI=1S/C11H17N3O/c1-9-8-15-5-4-14(9)7-11-3-2-10(12)6-13-11/h2-3,6,9H,4-5,7-8,12H2,1H3. The summed E-state index contributed by atoms with van der Waals surface area (Å²) < 4.78 is 5.39. The van der Waals surface area contributed by atoms with Crippen molar-refractivity contribution >= 4 is 5.69 Å². The van der Waals surface area contributed by atoms with Gasteiger partial charge in [0.05, 0.1) is 30.8 Å². The molecule has 0 aromatic carbocycles. The van der Waals surface area contributed by atoms with Gasteiger partial charge in [0.2, 0.25) is 0 Å². The van der Waals surface area contributed by atoms with E-state index in [1.807, 2.05) is 12.1 Å². The van der Waals surface area contributed by atoms with Crippen molar-refractivity contribution in [3.63, 3.8) is 0 Å². The molecule has 82 valence electrons. The zero-order chi connectivity index (χ0) is 10.7. The number of rotatable bonds is 2. The molecule has 1 aromatic rings. The largest absolute Gasteiger partial charge is 0.397 e. The van der Waals surface area contributed by atoms with Crippen LogP contribution in [0.4, 0.5) is 5.69 Å². The number of nitrogens with zero attached hydrogens (tertiary/aromatic N) is 2. The average molecular weight is 207 g/mol. The van der Waals surface area contributed by atoms with E-state index in [9.17, 15) is 0 Å². The number of nitrogens with two attached hydrogens (primary N) is 1. The number of aromatic nitrogens is 1. The van der Waals surface area contributed by atoms with Gasteiger partial charge >= 0.3 is 0 Å². The summed E-state index contributed by atoms with van der Waals surface area (Å²) in [5.74, 6) is 0. The Morgan fingerprint density at radius 1 is 1.60 bits per heavy atom. The highest BCUT2D eigenvalue weighted by Crippen LogP contribution is 2.11. The van der Waals surface area contributed by atoms with Crippen molar-refractivity contribution in [1.82, 2.24) is 9.88 Å². The van der Waals surface area contributed by atoms with Crippen LogP contribution in [0.1, 0.15) is 12.6 Å². The number of morpholine rings is 1. The highest BCUT2D eigenvalue weighted by Gasteiger charge is 2.18. The van der Waals surface area contributed by atoms with Crippen LogP contribution in [0.2, 0.25) is 0 Å². The van der Waals surface area contributed by atoms with E-state index >= 15 is 0 Å². The molecular formula is C11H17N3O. The van der Waals surface area contributed by atoms with E-state index in [1.54, 1.807) is 6.20 Å². The molecule has 2 heterocycles. The highest BCUT2D eigenvalue weighted by molar-refractivity contribution is 5.34. The molecule has 0 radical (unpaired) electrons. The molecule has 2 N–H and O–H groups in total. The molecular weight excluding hydrogens is 190 g/mol. The second-order valence-electron chi connectivity index (χ2n) is 3.98. The summed E-state index contributed by atoms with van der Waals surface area (Å²) in [6.07, 6.45) is 1.71. The molecule has 4 heteroatoms. The maximum Gasteiger partial charge on any atom is 0.0619 e. The monoisotopic (exact) mass is 207 g/mol. The fourth-order valence-electron chi connectivity index (χ4n) is 1.73. The minimum atomic E-state index is 0.470. The van der Waals surface area contributed by atoms with E-state index in [0.29, 0.717) is 11.7 Å². The first-order valence-electron chi connectivity index (χ1n) is 5.28. The Balaban J connectivity index is 1.98. The van der Waals surface area contributed by atoms with Crippen molar-refractivity contribution in [2.24, 2.45) is 0 Å². The Bertz CT molecular complexity index is 312. The lowest BCUT2D eigenvalue weighted by Crippen LogP contribution is -2.43. The first kappa shape index (κ1) is 10.4. The normalized spacial score (nSPS) is 22.9. The predicted octanol–water partition coefficient (Wildman–Crippen LogP) is 0.884. The fraction of sp³-hybridized carbons (Fsp3) is 0.545. The minimum absolute atomic E-state index is 0.470. The minimum Gasteiger partial charge on any atom is -0.397 e. The molecule has 1 unspecified atom stereocenters. The Hall–Kier alpha value is -1.13. The molecule has 0 aliphatic carbocycles. The summed E-state index contributed by atoms with van der Waals surface area (Å²) in [6, 6.07) is 4.35. The molecule has 1 aromatic heterocycles. The number of nitrogen functional groups attached to an aromatic ring is 1. The van der Waals surface area contributed by atoms with Crippen molar-refractivity contribution in [3.05, 3.63) is 24.0 Å². The predicted molar refractivity (Wildman–Crippen MR) is 59.3 cm³/mol. The van der Waals surface area contributed by atoms with Crippen LogP contribution >= 0.6 is 0 Å². The number of ether oxygens (including phenoxy) is 1. The summed E-state index contributed by atoms with van der Waals surface area (Å²) in [7, 11) is 0. The SMILES string of the molecule is CC1COCCN1Cc1ccc(N)cn1. The van der Waals surface area contributed by atoms with Crippen LogP contribution in [0.5, 0.6) is 0 Å².